The number of Topliss-reactive ketones (excluding diaryl/α,β-unsaturated/α-hetero) is 1. The summed E-state index contributed by atoms with van der Waals surface area (Å²) in [6, 6.07) is 7.42. The molecule has 1 unspecified atom stereocenters. The van der Waals surface area contributed by atoms with Gasteiger partial charge in [0.2, 0.25) is 0 Å². The Morgan fingerprint density at radius 3 is 2.14 bits per heavy atom. The van der Waals surface area contributed by atoms with Crippen molar-refractivity contribution >= 4 is 17.2 Å². The maximum atomic E-state index is 12.7. The number of hydrogen-bond donors (Lipinski definition) is 0. The van der Waals surface area contributed by atoms with E-state index in [0.29, 0.717) is 24.2 Å². The number of alkyl halides is 3. The molecule has 1 aliphatic rings. The average Bonchev–Trinajstić information content (AvgIpc) is 2.80. The lowest BCUT2D eigenvalue weighted by Crippen LogP contribution is -2.05. The van der Waals surface area contributed by atoms with E-state index in [2.05, 4.69) is 16.9 Å². The molecule has 1 atom stereocenters. The van der Waals surface area contributed by atoms with Crippen molar-refractivity contribution in [2.45, 2.75) is 105 Å². The molecule has 3 rings (SSSR count). The molecule has 0 radical (unpaired) electrons. The van der Waals surface area contributed by atoms with Crippen molar-refractivity contribution < 1.29 is 22.4 Å². The SMILES string of the molecule is CC1CCC1.CCCC(=O)CC(C)c1ccc(F)cc1.CCCC(C)=Nc1cc(C(F)(F)F)cnc1C. The molecule has 0 aliphatic heterocycles. The van der Waals surface area contributed by atoms with Crippen LogP contribution in [0, 0.1) is 18.7 Å². The number of benzene rings is 1. The van der Waals surface area contributed by atoms with Gasteiger partial charge in [-0.2, -0.15) is 13.2 Å². The summed E-state index contributed by atoms with van der Waals surface area (Å²) >= 11 is 0. The number of carbonyl (C=O) groups excluding carboxylic acids is 1. The quantitative estimate of drug-likeness (QED) is 0.256. The fourth-order valence-corrected chi connectivity index (χ4v) is 3.66. The van der Waals surface area contributed by atoms with Crippen LogP contribution in [-0.4, -0.2) is 16.5 Å². The monoisotopic (exact) mass is 522 g/mol. The molecular formula is C30H42F4N2O. The Morgan fingerprint density at radius 2 is 1.68 bits per heavy atom. The largest absolute Gasteiger partial charge is 0.417 e. The van der Waals surface area contributed by atoms with Crippen molar-refractivity contribution in [1.82, 2.24) is 4.98 Å². The predicted octanol–water partition coefficient (Wildman–Crippen LogP) is 9.80. The van der Waals surface area contributed by atoms with E-state index >= 15 is 0 Å². The van der Waals surface area contributed by atoms with Gasteiger partial charge in [-0.05, 0) is 62.3 Å². The van der Waals surface area contributed by atoms with Crippen LogP contribution in [0.25, 0.3) is 0 Å². The van der Waals surface area contributed by atoms with Crippen LogP contribution in [0.3, 0.4) is 0 Å². The Kier molecular flexibility index (Phi) is 14.3. The lowest BCUT2D eigenvalue weighted by Gasteiger charge is -2.18. The number of aryl methyl sites for hydroxylation is 1. The minimum absolute atomic E-state index is 0.185. The van der Waals surface area contributed by atoms with Gasteiger partial charge in [0.15, 0.2) is 0 Å². The summed E-state index contributed by atoms with van der Waals surface area (Å²) in [5.41, 5.74) is 1.89. The number of halogens is 4. The molecule has 0 spiro atoms. The summed E-state index contributed by atoms with van der Waals surface area (Å²) in [6.45, 7) is 11.8. The molecule has 37 heavy (non-hydrogen) atoms. The molecule has 1 aromatic heterocycles. The normalized spacial score (nSPS) is 14.5. The highest BCUT2D eigenvalue weighted by Crippen LogP contribution is 2.32. The van der Waals surface area contributed by atoms with Gasteiger partial charge in [0, 0.05) is 24.8 Å². The van der Waals surface area contributed by atoms with Crippen LogP contribution in [0.5, 0.6) is 0 Å². The smallest absolute Gasteiger partial charge is 0.300 e. The number of aromatic nitrogens is 1. The van der Waals surface area contributed by atoms with E-state index < -0.39 is 11.7 Å². The molecular weight excluding hydrogens is 480 g/mol. The van der Waals surface area contributed by atoms with Crippen molar-refractivity contribution in [2.24, 2.45) is 10.9 Å². The number of rotatable bonds is 8. The van der Waals surface area contributed by atoms with Gasteiger partial charge in [0.1, 0.15) is 11.6 Å². The Morgan fingerprint density at radius 1 is 1.11 bits per heavy atom. The van der Waals surface area contributed by atoms with E-state index in [4.69, 9.17) is 0 Å². The summed E-state index contributed by atoms with van der Waals surface area (Å²) < 4.78 is 50.2. The van der Waals surface area contributed by atoms with Crippen LogP contribution in [0.1, 0.15) is 109 Å². The van der Waals surface area contributed by atoms with Gasteiger partial charge in [-0.3, -0.25) is 14.8 Å². The van der Waals surface area contributed by atoms with Crippen molar-refractivity contribution in [3.05, 3.63) is 59.2 Å². The number of hydrogen-bond acceptors (Lipinski definition) is 3. The average molecular weight is 523 g/mol. The second-order valence-corrected chi connectivity index (χ2v) is 9.90. The molecule has 2 aromatic rings. The molecule has 0 saturated heterocycles. The fourth-order valence-electron chi connectivity index (χ4n) is 3.66. The summed E-state index contributed by atoms with van der Waals surface area (Å²) in [5, 5.41) is 0. The number of pyridine rings is 1. The van der Waals surface area contributed by atoms with Crippen LogP contribution in [-0.2, 0) is 11.0 Å². The fraction of sp³-hybridized carbons (Fsp3) is 0.567. The standard InChI is InChI=1S/C13H17FO.C12H15F3N2.C5H10/c1-3-4-13(15)9-10(2)11-5-7-12(14)8-6-11;1-4-5-8(2)17-11-6-10(12(13,14)15)7-16-9(11)3;1-5-3-2-4-5/h5-8,10H,3-4,9H2,1-2H3;6-7H,4-5H2,1-3H3;5H,2-4H2,1H3. The highest BCUT2D eigenvalue weighted by Gasteiger charge is 2.31. The van der Waals surface area contributed by atoms with Gasteiger partial charge < -0.3 is 0 Å². The molecule has 1 aromatic carbocycles. The third-order valence-electron chi connectivity index (χ3n) is 6.21. The first-order chi connectivity index (χ1) is 17.4. The maximum absolute atomic E-state index is 12.7. The first-order valence-electron chi connectivity index (χ1n) is 13.2. The van der Waals surface area contributed by atoms with Gasteiger partial charge in [0.25, 0.3) is 0 Å². The summed E-state index contributed by atoms with van der Waals surface area (Å²) in [6.07, 6.45) is 4.71. The van der Waals surface area contributed by atoms with Crippen LogP contribution < -0.4 is 0 Å². The molecule has 0 bridgehead atoms. The minimum Gasteiger partial charge on any atom is -0.300 e. The Bertz CT molecular complexity index is 980. The molecule has 7 heteroatoms. The van der Waals surface area contributed by atoms with Gasteiger partial charge in [0.05, 0.1) is 16.9 Å². The first-order valence-corrected chi connectivity index (χ1v) is 13.2. The maximum Gasteiger partial charge on any atom is 0.417 e. The van der Waals surface area contributed by atoms with Crippen LogP contribution in [0.2, 0.25) is 0 Å². The third kappa shape index (κ3) is 13.0. The van der Waals surface area contributed by atoms with E-state index in [1.807, 2.05) is 27.7 Å². The topological polar surface area (TPSA) is 42.3 Å². The highest BCUT2D eigenvalue weighted by molar-refractivity contribution is 5.84. The number of nitrogens with zero attached hydrogens (tertiary/aromatic N) is 2. The number of carbonyl (C=O) groups is 1. The van der Waals surface area contributed by atoms with Crippen LogP contribution in [0.15, 0.2) is 41.5 Å². The van der Waals surface area contributed by atoms with E-state index in [1.54, 1.807) is 19.1 Å². The van der Waals surface area contributed by atoms with E-state index in [0.717, 1.165) is 48.7 Å². The van der Waals surface area contributed by atoms with Crippen molar-refractivity contribution in [3.63, 3.8) is 0 Å². The molecule has 1 heterocycles. The number of ketones is 1. The second-order valence-electron chi connectivity index (χ2n) is 9.90. The molecule has 1 saturated carbocycles. The zero-order valence-corrected chi connectivity index (χ0v) is 23.1. The zero-order chi connectivity index (χ0) is 28.0. The van der Waals surface area contributed by atoms with Crippen LogP contribution >= 0.6 is 0 Å². The summed E-state index contributed by atoms with van der Waals surface area (Å²) in [5.74, 6) is 1.31. The second kappa shape index (κ2) is 16.3. The van der Waals surface area contributed by atoms with E-state index in [-0.39, 0.29) is 17.5 Å². The summed E-state index contributed by atoms with van der Waals surface area (Å²) in [4.78, 5) is 19.3. The predicted molar refractivity (Wildman–Crippen MR) is 144 cm³/mol. The Balaban J connectivity index is 0.000000312. The van der Waals surface area contributed by atoms with Gasteiger partial charge in [-0.25, -0.2) is 4.39 Å². The van der Waals surface area contributed by atoms with Crippen molar-refractivity contribution in [2.75, 3.05) is 0 Å². The Labute approximate surface area is 219 Å². The summed E-state index contributed by atoms with van der Waals surface area (Å²) in [7, 11) is 0. The first kappa shape index (κ1) is 32.5. The molecule has 1 aliphatic carbocycles. The van der Waals surface area contributed by atoms with Gasteiger partial charge in [-0.15, -0.1) is 0 Å². The highest BCUT2D eigenvalue weighted by atomic mass is 19.4. The van der Waals surface area contributed by atoms with Gasteiger partial charge in [-0.1, -0.05) is 65.5 Å². The van der Waals surface area contributed by atoms with Gasteiger partial charge >= 0.3 is 6.18 Å². The molecule has 0 N–H and O–H groups in total. The minimum atomic E-state index is -4.37. The molecule has 3 nitrogen and oxygen atoms in total. The molecule has 0 amide bonds. The molecule has 1 fully saturated rings. The lowest BCUT2D eigenvalue weighted by atomic mass is 9.88. The van der Waals surface area contributed by atoms with Crippen LogP contribution in [0.4, 0.5) is 23.2 Å². The lowest BCUT2D eigenvalue weighted by molar-refractivity contribution is -0.137. The Hall–Kier alpha value is -2.57. The zero-order valence-electron chi connectivity index (χ0n) is 23.1. The van der Waals surface area contributed by atoms with E-state index in [1.165, 1.54) is 31.4 Å². The third-order valence-corrected chi connectivity index (χ3v) is 6.21. The van der Waals surface area contributed by atoms with E-state index in [9.17, 15) is 22.4 Å². The molecule has 206 valence electrons. The van der Waals surface area contributed by atoms with Crippen molar-refractivity contribution in [1.29, 1.82) is 0 Å². The number of aliphatic imine (C=N–C) groups is 1. The van der Waals surface area contributed by atoms with Crippen molar-refractivity contribution in [3.8, 4) is 0 Å².